The van der Waals surface area contributed by atoms with E-state index in [1.807, 2.05) is 13.0 Å². The Morgan fingerprint density at radius 1 is 1.59 bits per heavy atom. The molecule has 0 bridgehead atoms. The maximum atomic E-state index is 11.0. The molecule has 1 N–H and O–H groups in total. The van der Waals surface area contributed by atoms with E-state index >= 15 is 0 Å². The highest BCUT2D eigenvalue weighted by Gasteiger charge is 2.17. The molecule has 2 heterocycles. The third-order valence-corrected chi connectivity index (χ3v) is 2.91. The Balaban J connectivity index is 2.33. The third-order valence-electron chi connectivity index (χ3n) is 2.91. The van der Waals surface area contributed by atoms with Gasteiger partial charge in [0.1, 0.15) is 11.5 Å². The Morgan fingerprint density at radius 2 is 2.35 bits per heavy atom. The Bertz CT molecular complexity index is 524. The molecule has 0 radical (unpaired) electrons. The topological polar surface area (TPSA) is 55.4 Å². The van der Waals surface area contributed by atoms with Gasteiger partial charge in [-0.25, -0.2) is 4.79 Å². The van der Waals surface area contributed by atoms with Crippen LogP contribution in [-0.2, 0) is 6.42 Å². The van der Waals surface area contributed by atoms with Crippen molar-refractivity contribution >= 4 is 5.97 Å². The summed E-state index contributed by atoms with van der Waals surface area (Å²) >= 11 is 0. The molecule has 0 spiro atoms. The first-order chi connectivity index (χ1) is 8.13. The summed E-state index contributed by atoms with van der Waals surface area (Å²) < 4.78 is 7.16. The fourth-order valence-corrected chi connectivity index (χ4v) is 1.85. The maximum absolute atomic E-state index is 11.0. The van der Waals surface area contributed by atoms with Crippen molar-refractivity contribution in [2.75, 3.05) is 0 Å². The number of carbonyl (C=O) groups is 1. The molecule has 2 aromatic rings. The fourth-order valence-electron chi connectivity index (χ4n) is 1.85. The van der Waals surface area contributed by atoms with Crippen LogP contribution in [0.2, 0.25) is 0 Å². The summed E-state index contributed by atoms with van der Waals surface area (Å²) in [5.74, 6) is -0.148. The zero-order chi connectivity index (χ0) is 12.4. The van der Waals surface area contributed by atoms with Gasteiger partial charge in [0, 0.05) is 6.20 Å². The monoisotopic (exact) mass is 233 g/mol. The van der Waals surface area contributed by atoms with E-state index in [1.54, 1.807) is 29.2 Å². The van der Waals surface area contributed by atoms with Crippen molar-refractivity contribution in [2.45, 2.75) is 26.3 Å². The van der Waals surface area contributed by atoms with Crippen LogP contribution >= 0.6 is 0 Å². The molecule has 0 aliphatic rings. The van der Waals surface area contributed by atoms with Crippen LogP contribution in [0.4, 0.5) is 0 Å². The summed E-state index contributed by atoms with van der Waals surface area (Å²) in [4.78, 5) is 11.0. The molecule has 4 nitrogen and oxygen atoms in total. The van der Waals surface area contributed by atoms with Crippen LogP contribution in [0.15, 0.2) is 35.1 Å². The molecule has 0 fully saturated rings. The van der Waals surface area contributed by atoms with Crippen LogP contribution < -0.4 is 0 Å². The van der Waals surface area contributed by atoms with Crippen LogP contribution in [0.1, 0.15) is 41.7 Å². The van der Waals surface area contributed by atoms with Gasteiger partial charge in [0.2, 0.25) is 0 Å². The molecule has 4 heteroatoms. The zero-order valence-corrected chi connectivity index (χ0v) is 9.88. The van der Waals surface area contributed by atoms with Gasteiger partial charge >= 0.3 is 5.97 Å². The number of aromatic nitrogens is 1. The second kappa shape index (κ2) is 4.49. The Hall–Kier alpha value is -1.97. The molecule has 2 rings (SSSR count). The molecule has 0 aliphatic heterocycles. The lowest BCUT2D eigenvalue weighted by molar-refractivity contribution is 0.0683. The maximum Gasteiger partial charge on any atom is 0.352 e. The van der Waals surface area contributed by atoms with Crippen molar-refractivity contribution in [3.63, 3.8) is 0 Å². The van der Waals surface area contributed by atoms with Gasteiger partial charge in [-0.05, 0) is 37.1 Å². The second-order valence-electron chi connectivity index (χ2n) is 3.99. The van der Waals surface area contributed by atoms with Crippen molar-refractivity contribution in [2.24, 2.45) is 0 Å². The van der Waals surface area contributed by atoms with Gasteiger partial charge in [-0.2, -0.15) is 0 Å². The number of carboxylic acids is 1. The molecule has 1 unspecified atom stereocenters. The zero-order valence-electron chi connectivity index (χ0n) is 9.88. The van der Waals surface area contributed by atoms with Gasteiger partial charge in [0.25, 0.3) is 0 Å². The van der Waals surface area contributed by atoms with Gasteiger partial charge in [-0.1, -0.05) is 6.92 Å². The number of carboxylic acid groups (broad SMARTS) is 1. The summed E-state index contributed by atoms with van der Waals surface area (Å²) in [6.07, 6.45) is 4.38. The van der Waals surface area contributed by atoms with E-state index in [9.17, 15) is 4.79 Å². The number of aromatic carboxylic acids is 1. The second-order valence-corrected chi connectivity index (χ2v) is 3.99. The predicted molar refractivity (Wildman–Crippen MR) is 63.3 cm³/mol. The van der Waals surface area contributed by atoms with Crippen LogP contribution in [0, 0.1) is 0 Å². The molecular formula is C13H15NO3. The van der Waals surface area contributed by atoms with Crippen LogP contribution in [0.3, 0.4) is 0 Å². The number of rotatable bonds is 4. The van der Waals surface area contributed by atoms with Crippen LogP contribution in [0.5, 0.6) is 0 Å². The Labute approximate surface area is 99.5 Å². The number of aryl methyl sites for hydroxylation is 1. The van der Waals surface area contributed by atoms with Crippen LogP contribution in [0.25, 0.3) is 0 Å². The van der Waals surface area contributed by atoms with Gasteiger partial charge in [0.05, 0.1) is 12.3 Å². The van der Waals surface area contributed by atoms with E-state index in [-0.39, 0.29) is 11.7 Å². The molecule has 0 saturated heterocycles. The number of hydrogen-bond acceptors (Lipinski definition) is 2. The minimum atomic E-state index is -0.927. The number of furan rings is 1. The number of hydrogen-bond donors (Lipinski definition) is 1. The Morgan fingerprint density at radius 3 is 2.94 bits per heavy atom. The lowest BCUT2D eigenvalue weighted by Crippen LogP contribution is -2.12. The molecule has 17 heavy (non-hydrogen) atoms. The predicted octanol–water partition coefficient (Wildman–Crippen LogP) is 2.95. The first kappa shape index (κ1) is 11.5. The average Bonchev–Trinajstić information content (AvgIpc) is 2.97. The average molecular weight is 233 g/mol. The normalized spacial score (nSPS) is 12.6. The molecule has 90 valence electrons. The van der Waals surface area contributed by atoms with E-state index in [0.29, 0.717) is 0 Å². The van der Waals surface area contributed by atoms with Crippen molar-refractivity contribution in [1.82, 2.24) is 4.57 Å². The van der Waals surface area contributed by atoms with Gasteiger partial charge < -0.3 is 14.1 Å². The van der Waals surface area contributed by atoms with Crippen molar-refractivity contribution < 1.29 is 14.3 Å². The highest BCUT2D eigenvalue weighted by atomic mass is 16.4. The van der Waals surface area contributed by atoms with Crippen molar-refractivity contribution in [1.29, 1.82) is 0 Å². The largest absolute Gasteiger partial charge is 0.477 e. The molecule has 1 atom stereocenters. The first-order valence-electron chi connectivity index (χ1n) is 5.61. The van der Waals surface area contributed by atoms with E-state index in [4.69, 9.17) is 9.52 Å². The van der Waals surface area contributed by atoms with Crippen LogP contribution in [-0.4, -0.2) is 15.6 Å². The van der Waals surface area contributed by atoms with E-state index < -0.39 is 5.97 Å². The third kappa shape index (κ3) is 2.11. The van der Waals surface area contributed by atoms with Gasteiger partial charge in [-0.15, -0.1) is 0 Å². The SMILES string of the molecule is CCc1coc(C(C)n2cccc2C(=O)O)c1. The highest BCUT2D eigenvalue weighted by Crippen LogP contribution is 2.22. The summed E-state index contributed by atoms with van der Waals surface area (Å²) in [5, 5.41) is 9.05. The molecule has 0 saturated carbocycles. The summed E-state index contributed by atoms with van der Waals surface area (Å²) in [6, 6.07) is 5.17. The van der Waals surface area contributed by atoms with E-state index in [1.165, 1.54) is 0 Å². The number of nitrogens with zero attached hydrogens (tertiary/aromatic N) is 1. The standard InChI is InChI=1S/C13H15NO3/c1-3-10-7-12(17-8-10)9(2)14-6-4-5-11(14)13(15)16/h4-9H,3H2,1-2H3,(H,15,16). The fraction of sp³-hybridized carbons (Fsp3) is 0.308. The quantitative estimate of drug-likeness (QED) is 0.883. The molecule has 0 amide bonds. The summed E-state index contributed by atoms with van der Waals surface area (Å²) in [5.41, 5.74) is 1.39. The molecule has 2 aromatic heterocycles. The van der Waals surface area contributed by atoms with Gasteiger partial charge in [0.15, 0.2) is 0 Å². The molecular weight excluding hydrogens is 218 g/mol. The molecule has 0 aliphatic carbocycles. The summed E-state index contributed by atoms with van der Waals surface area (Å²) in [6.45, 7) is 3.97. The highest BCUT2D eigenvalue weighted by molar-refractivity contribution is 5.85. The van der Waals surface area contributed by atoms with Crippen molar-refractivity contribution in [3.8, 4) is 0 Å². The smallest absolute Gasteiger partial charge is 0.352 e. The minimum Gasteiger partial charge on any atom is -0.477 e. The summed E-state index contributed by atoms with van der Waals surface area (Å²) in [7, 11) is 0. The lowest BCUT2D eigenvalue weighted by atomic mass is 10.2. The van der Waals surface area contributed by atoms with Crippen molar-refractivity contribution in [3.05, 3.63) is 47.7 Å². The Kier molecular flexibility index (Phi) is 3.04. The lowest BCUT2D eigenvalue weighted by Gasteiger charge is -2.13. The van der Waals surface area contributed by atoms with E-state index in [2.05, 4.69) is 6.92 Å². The van der Waals surface area contributed by atoms with E-state index in [0.717, 1.165) is 17.7 Å². The van der Waals surface area contributed by atoms with Gasteiger partial charge in [-0.3, -0.25) is 0 Å². The molecule has 0 aromatic carbocycles. The minimum absolute atomic E-state index is 0.114. The first-order valence-corrected chi connectivity index (χ1v) is 5.61.